The van der Waals surface area contributed by atoms with Crippen molar-refractivity contribution in [3.05, 3.63) is 65.5 Å². The van der Waals surface area contributed by atoms with Crippen LogP contribution in [0.5, 0.6) is 0 Å². The number of anilines is 3. The lowest BCUT2D eigenvalue weighted by Gasteiger charge is -2.23. The van der Waals surface area contributed by atoms with Gasteiger partial charge in [-0.1, -0.05) is 30.3 Å². The zero-order chi connectivity index (χ0) is 28.2. The van der Waals surface area contributed by atoms with Gasteiger partial charge >= 0.3 is 0 Å². The fourth-order valence-electron chi connectivity index (χ4n) is 4.76. The first-order valence-electron chi connectivity index (χ1n) is 14.1. The number of benzene rings is 2. The normalized spacial score (nSPS) is 11.9. The molecule has 0 unspecified atom stereocenters. The molecule has 0 radical (unpaired) electrons. The second-order valence-electron chi connectivity index (χ2n) is 10.8. The molecule has 0 aliphatic rings. The number of imidazole rings is 1. The number of nitrogens with one attached hydrogen (secondary N) is 1. The molecule has 206 valence electrons. The van der Waals surface area contributed by atoms with Gasteiger partial charge in [0.15, 0.2) is 5.82 Å². The number of hydrogen-bond acceptors (Lipinski definition) is 6. The zero-order valence-corrected chi connectivity index (χ0v) is 24.8. The van der Waals surface area contributed by atoms with E-state index >= 15 is 0 Å². The highest BCUT2D eigenvalue weighted by molar-refractivity contribution is 5.77. The number of nitrogens with zero attached hydrogens (tertiary/aromatic N) is 6. The molecule has 7 heteroatoms. The molecule has 2 aromatic heterocycles. The van der Waals surface area contributed by atoms with Crippen LogP contribution in [0, 0.1) is 6.92 Å². The van der Waals surface area contributed by atoms with Gasteiger partial charge in [-0.25, -0.2) is 9.97 Å². The summed E-state index contributed by atoms with van der Waals surface area (Å²) in [5.41, 5.74) is 6.95. The molecule has 0 bridgehead atoms. The molecule has 39 heavy (non-hydrogen) atoms. The summed E-state index contributed by atoms with van der Waals surface area (Å²) in [6.07, 6.45) is 4.11. The van der Waals surface area contributed by atoms with E-state index in [2.05, 4.69) is 118 Å². The van der Waals surface area contributed by atoms with Crippen molar-refractivity contribution >= 4 is 35.1 Å². The second kappa shape index (κ2) is 11.9. The molecule has 0 amide bonds. The van der Waals surface area contributed by atoms with Crippen molar-refractivity contribution in [2.45, 2.75) is 60.9 Å². The third kappa shape index (κ3) is 6.41. The molecule has 7 nitrogen and oxygen atoms in total. The summed E-state index contributed by atoms with van der Waals surface area (Å²) < 4.78 is 1.84. The average Bonchev–Trinajstić information content (AvgIpc) is 3.25. The monoisotopic (exact) mass is 525 g/mol. The second-order valence-corrected chi connectivity index (χ2v) is 10.8. The largest absolute Gasteiger partial charge is 0.372 e. The molecule has 4 aromatic rings. The topological polar surface area (TPSA) is 61.6 Å². The van der Waals surface area contributed by atoms with Gasteiger partial charge in [0, 0.05) is 48.7 Å². The van der Waals surface area contributed by atoms with Gasteiger partial charge in [0.1, 0.15) is 5.69 Å². The minimum absolute atomic E-state index is 0.169. The van der Waals surface area contributed by atoms with Gasteiger partial charge in [-0.15, -0.1) is 0 Å². The molecule has 4 rings (SSSR count). The molecule has 0 fully saturated rings. The third-order valence-corrected chi connectivity index (χ3v) is 6.90. The van der Waals surface area contributed by atoms with E-state index in [-0.39, 0.29) is 5.54 Å². The van der Waals surface area contributed by atoms with Crippen molar-refractivity contribution in [1.29, 1.82) is 0 Å². The summed E-state index contributed by atoms with van der Waals surface area (Å²) in [5.74, 6) is 1.43. The molecule has 2 heterocycles. The predicted molar refractivity (Wildman–Crippen MR) is 167 cm³/mol. The van der Waals surface area contributed by atoms with Gasteiger partial charge < -0.3 is 15.1 Å². The van der Waals surface area contributed by atoms with Gasteiger partial charge in [0.2, 0.25) is 0 Å². The fourth-order valence-corrected chi connectivity index (χ4v) is 4.76. The highest BCUT2D eigenvalue weighted by Crippen LogP contribution is 2.31. The van der Waals surface area contributed by atoms with Gasteiger partial charge in [-0.05, 0) is 91.3 Å². The van der Waals surface area contributed by atoms with Crippen LogP contribution >= 0.6 is 0 Å². The molecular formula is C32H43N7. The van der Waals surface area contributed by atoms with Crippen LogP contribution in [0.15, 0.2) is 48.5 Å². The summed E-state index contributed by atoms with van der Waals surface area (Å²) in [5, 5.41) is 8.54. The molecule has 1 N–H and O–H groups in total. The van der Waals surface area contributed by atoms with Gasteiger partial charge in [0.25, 0.3) is 5.78 Å². The summed E-state index contributed by atoms with van der Waals surface area (Å²) in [6, 6.07) is 17.2. The zero-order valence-electron chi connectivity index (χ0n) is 24.8. The Morgan fingerprint density at radius 2 is 1.31 bits per heavy atom. The lowest BCUT2D eigenvalue weighted by molar-refractivity contribution is 0.625. The molecule has 0 aliphatic heterocycles. The van der Waals surface area contributed by atoms with Crippen LogP contribution in [0.2, 0.25) is 0 Å². The lowest BCUT2D eigenvalue weighted by Crippen LogP contribution is -2.27. The van der Waals surface area contributed by atoms with E-state index in [1.54, 1.807) is 0 Å². The molecule has 0 spiro atoms. The standard InChI is InChI=1S/C32H43N7/c1-9-37(10-2)26-18-13-24(14-19-26)15-22-28-23(5)36-39-30(35-32(6,7)8)29(34-31(39)33-28)25-16-20-27(21-17-25)38(11-3)12-4/h13-22,35H,9-12H2,1-8H3/b22-15+. The van der Waals surface area contributed by atoms with Crippen molar-refractivity contribution in [1.82, 2.24) is 19.6 Å². The quantitative estimate of drug-likeness (QED) is 0.237. The number of aryl methyl sites for hydroxylation is 1. The molecule has 0 saturated carbocycles. The summed E-state index contributed by atoms with van der Waals surface area (Å²) in [6.45, 7) is 21.1. The first-order valence-corrected chi connectivity index (χ1v) is 14.1. The maximum absolute atomic E-state index is 4.96. The van der Waals surface area contributed by atoms with Crippen LogP contribution in [0.25, 0.3) is 29.2 Å². The lowest BCUT2D eigenvalue weighted by atomic mass is 10.1. The van der Waals surface area contributed by atoms with Crippen molar-refractivity contribution in [2.75, 3.05) is 41.3 Å². The van der Waals surface area contributed by atoms with E-state index in [1.165, 1.54) is 11.4 Å². The Morgan fingerprint density at radius 3 is 1.82 bits per heavy atom. The molecule has 0 atom stereocenters. The minimum atomic E-state index is -0.169. The predicted octanol–water partition coefficient (Wildman–Crippen LogP) is 7.17. The molecular weight excluding hydrogens is 482 g/mol. The van der Waals surface area contributed by atoms with E-state index in [9.17, 15) is 0 Å². The van der Waals surface area contributed by atoms with Gasteiger partial charge in [-0.3, -0.25) is 0 Å². The Kier molecular flexibility index (Phi) is 8.58. The van der Waals surface area contributed by atoms with Crippen molar-refractivity contribution < 1.29 is 0 Å². The van der Waals surface area contributed by atoms with E-state index in [0.717, 1.165) is 60.2 Å². The molecule has 2 aromatic carbocycles. The minimum Gasteiger partial charge on any atom is -0.372 e. The van der Waals surface area contributed by atoms with Crippen LogP contribution < -0.4 is 15.1 Å². The smallest absolute Gasteiger partial charge is 0.253 e. The van der Waals surface area contributed by atoms with Crippen LogP contribution in [-0.4, -0.2) is 51.3 Å². The first-order chi connectivity index (χ1) is 18.7. The summed E-state index contributed by atoms with van der Waals surface area (Å²) >= 11 is 0. The van der Waals surface area contributed by atoms with E-state index < -0.39 is 0 Å². The van der Waals surface area contributed by atoms with E-state index in [1.807, 2.05) is 17.5 Å². The number of hydrogen-bond donors (Lipinski definition) is 1. The Labute approximate surface area is 233 Å². The summed E-state index contributed by atoms with van der Waals surface area (Å²) in [7, 11) is 0. The van der Waals surface area contributed by atoms with Crippen LogP contribution in [-0.2, 0) is 0 Å². The average molecular weight is 526 g/mol. The Balaban J connectivity index is 1.71. The van der Waals surface area contributed by atoms with Crippen LogP contribution in [0.1, 0.15) is 65.4 Å². The van der Waals surface area contributed by atoms with E-state index in [0.29, 0.717) is 5.78 Å². The Bertz CT molecular complexity index is 1400. The maximum Gasteiger partial charge on any atom is 0.253 e. The number of fused-ring (bicyclic) bond motifs is 1. The number of rotatable bonds is 10. The maximum atomic E-state index is 4.96. The SMILES string of the molecule is CCN(CC)c1ccc(/C=C/c2nc3nc(-c4ccc(N(CC)CC)cc4)c(NC(C)(C)C)n3nc2C)cc1. The third-order valence-electron chi connectivity index (χ3n) is 6.90. The van der Waals surface area contributed by atoms with E-state index in [4.69, 9.17) is 15.1 Å². The van der Waals surface area contributed by atoms with Crippen LogP contribution in [0.3, 0.4) is 0 Å². The van der Waals surface area contributed by atoms with Crippen molar-refractivity contribution in [3.63, 3.8) is 0 Å². The molecule has 0 aliphatic carbocycles. The highest BCUT2D eigenvalue weighted by atomic mass is 15.4. The fraction of sp³-hybridized carbons (Fsp3) is 0.406. The van der Waals surface area contributed by atoms with Crippen molar-refractivity contribution in [2.24, 2.45) is 0 Å². The highest BCUT2D eigenvalue weighted by Gasteiger charge is 2.22. The Hall–Kier alpha value is -3.87. The van der Waals surface area contributed by atoms with Gasteiger partial charge in [0.05, 0.1) is 11.4 Å². The summed E-state index contributed by atoms with van der Waals surface area (Å²) in [4.78, 5) is 14.6. The van der Waals surface area contributed by atoms with Crippen LogP contribution in [0.4, 0.5) is 17.2 Å². The number of aromatic nitrogens is 4. The Morgan fingerprint density at radius 1 is 0.769 bits per heavy atom. The van der Waals surface area contributed by atoms with Gasteiger partial charge in [-0.2, -0.15) is 9.61 Å². The van der Waals surface area contributed by atoms with Crippen molar-refractivity contribution in [3.8, 4) is 11.3 Å². The first kappa shape index (κ1) is 28.1. The molecule has 0 saturated heterocycles.